The first kappa shape index (κ1) is 13.4. The summed E-state index contributed by atoms with van der Waals surface area (Å²) in [5, 5.41) is 13.1. The lowest BCUT2D eigenvalue weighted by Crippen LogP contribution is -2.16. The zero-order chi connectivity index (χ0) is 12.8. The Hall–Kier alpha value is -1.00. The van der Waals surface area contributed by atoms with E-state index in [2.05, 4.69) is 5.32 Å². The zero-order valence-electron chi connectivity index (χ0n) is 10.9. The maximum absolute atomic E-state index is 9.78. The summed E-state index contributed by atoms with van der Waals surface area (Å²) in [5.41, 5.74) is 6.24. The Balaban J connectivity index is 1.79. The molecule has 0 spiro atoms. The quantitative estimate of drug-likeness (QED) is 0.728. The molecule has 1 atom stereocenters. The molecule has 4 heteroatoms. The Morgan fingerprint density at radius 1 is 1.39 bits per heavy atom. The molecule has 2 rings (SSSR count). The van der Waals surface area contributed by atoms with E-state index in [0.29, 0.717) is 13.0 Å². The predicted molar refractivity (Wildman–Crippen MR) is 72.4 cm³/mol. The van der Waals surface area contributed by atoms with Crippen molar-refractivity contribution in [2.24, 2.45) is 11.7 Å². The largest absolute Gasteiger partial charge is 0.449 e. The first-order chi connectivity index (χ1) is 8.79. The van der Waals surface area contributed by atoms with Crippen molar-refractivity contribution in [1.82, 2.24) is 0 Å². The lowest BCUT2D eigenvalue weighted by Gasteiger charge is -2.21. The van der Waals surface area contributed by atoms with E-state index in [1.54, 1.807) is 6.26 Å². The number of aliphatic hydroxyl groups is 1. The summed E-state index contributed by atoms with van der Waals surface area (Å²) in [6, 6.07) is 1.88. The van der Waals surface area contributed by atoms with Gasteiger partial charge in [-0.25, -0.2) is 0 Å². The Bertz CT molecular complexity index is 345. The van der Waals surface area contributed by atoms with Crippen molar-refractivity contribution >= 4 is 5.88 Å². The average molecular weight is 252 g/mol. The van der Waals surface area contributed by atoms with Gasteiger partial charge in [-0.15, -0.1) is 0 Å². The minimum atomic E-state index is -0.510. The van der Waals surface area contributed by atoms with Crippen molar-refractivity contribution in [2.45, 2.75) is 44.6 Å². The third-order valence-electron chi connectivity index (χ3n) is 3.73. The van der Waals surface area contributed by atoms with Crippen molar-refractivity contribution < 1.29 is 9.52 Å². The molecule has 102 valence electrons. The summed E-state index contributed by atoms with van der Waals surface area (Å²) in [6.07, 6.45) is 8.39. The van der Waals surface area contributed by atoms with Crippen molar-refractivity contribution in [1.29, 1.82) is 0 Å². The monoisotopic (exact) mass is 252 g/mol. The van der Waals surface area contributed by atoms with Gasteiger partial charge in [0.15, 0.2) is 5.88 Å². The summed E-state index contributed by atoms with van der Waals surface area (Å²) >= 11 is 0. The van der Waals surface area contributed by atoms with E-state index in [4.69, 9.17) is 10.2 Å². The second kappa shape index (κ2) is 6.81. The standard InChI is InChI=1S/C14H24N2O2/c15-7-6-13(17)12-8-14(18-10-12)16-9-11-4-2-1-3-5-11/h8,10-11,13,16-17H,1-7,9,15H2. The van der Waals surface area contributed by atoms with Gasteiger partial charge in [0.2, 0.25) is 0 Å². The van der Waals surface area contributed by atoms with Crippen LogP contribution in [0.2, 0.25) is 0 Å². The van der Waals surface area contributed by atoms with Crippen LogP contribution >= 0.6 is 0 Å². The van der Waals surface area contributed by atoms with Gasteiger partial charge in [-0.3, -0.25) is 0 Å². The molecule has 1 aliphatic carbocycles. The van der Waals surface area contributed by atoms with Crippen LogP contribution in [0.5, 0.6) is 0 Å². The van der Waals surface area contributed by atoms with Gasteiger partial charge in [0.1, 0.15) is 0 Å². The normalized spacial score (nSPS) is 18.8. The molecular weight excluding hydrogens is 228 g/mol. The maximum atomic E-state index is 9.78. The number of furan rings is 1. The van der Waals surface area contributed by atoms with Crippen LogP contribution in [0.4, 0.5) is 5.88 Å². The summed E-state index contributed by atoms with van der Waals surface area (Å²) in [4.78, 5) is 0. The summed E-state index contributed by atoms with van der Waals surface area (Å²) in [5.74, 6) is 1.52. The number of hydrogen-bond acceptors (Lipinski definition) is 4. The van der Waals surface area contributed by atoms with Crippen LogP contribution in [-0.4, -0.2) is 18.2 Å². The molecule has 1 aromatic rings. The van der Waals surface area contributed by atoms with Crippen LogP contribution in [0, 0.1) is 5.92 Å². The van der Waals surface area contributed by atoms with E-state index in [-0.39, 0.29) is 0 Å². The van der Waals surface area contributed by atoms with E-state index < -0.39 is 6.10 Å². The van der Waals surface area contributed by atoms with Crippen LogP contribution in [0.25, 0.3) is 0 Å². The van der Waals surface area contributed by atoms with Crippen LogP contribution in [0.15, 0.2) is 16.7 Å². The van der Waals surface area contributed by atoms with Gasteiger partial charge in [-0.1, -0.05) is 19.3 Å². The van der Waals surface area contributed by atoms with Gasteiger partial charge in [0, 0.05) is 18.2 Å². The Kier molecular flexibility index (Phi) is 5.08. The second-order valence-corrected chi connectivity index (χ2v) is 5.22. The fourth-order valence-corrected chi connectivity index (χ4v) is 2.58. The van der Waals surface area contributed by atoms with E-state index in [1.165, 1.54) is 32.1 Å². The van der Waals surface area contributed by atoms with E-state index >= 15 is 0 Å². The third-order valence-corrected chi connectivity index (χ3v) is 3.73. The first-order valence-electron chi connectivity index (χ1n) is 7.00. The van der Waals surface area contributed by atoms with Gasteiger partial charge >= 0.3 is 0 Å². The van der Waals surface area contributed by atoms with Crippen LogP contribution in [0.1, 0.15) is 50.2 Å². The molecule has 0 radical (unpaired) electrons. The van der Waals surface area contributed by atoms with Gasteiger partial charge in [0.05, 0.1) is 12.4 Å². The fraction of sp³-hybridized carbons (Fsp3) is 0.714. The number of aliphatic hydroxyl groups excluding tert-OH is 1. The van der Waals surface area contributed by atoms with Crippen molar-refractivity contribution in [3.05, 3.63) is 17.9 Å². The van der Waals surface area contributed by atoms with E-state index in [9.17, 15) is 5.11 Å². The topological polar surface area (TPSA) is 71.4 Å². The second-order valence-electron chi connectivity index (χ2n) is 5.22. The van der Waals surface area contributed by atoms with Crippen molar-refractivity contribution in [2.75, 3.05) is 18.4 Å². The molecule has 0 aliphatic heterocycles. The number of hydrogen-bond donors (Lipinski definition) is 3. The molecule has 1 heterocycles. The molecule has 18 heavy (non-hydrogen) atoms. The molecule has 1 aliphatic rings. The highest BCUT2D eigenvalue weighted by molar-refractivity contribution is 5.35. The van der Waals surface area contributed by atoms with E-state index in [0.717, 1.165) is 23.9 Å². The summed E-state index contributed by atoms with van der Waals surface area (Å²) < 4.78 is 5.41. The minimum Gasteiger partial charge on any atom is -0.449 e. The SMILES string of the molecule is NCCC(O)c1coc(NCC2CCCCC2)c1. The van der Waals surface area contributed by atoms with Crippen molar-refractivity contribution in [3.63, 3.8) is 0 Å². The van der Waals surface area contributed by atoms with Crippen molar-refractivity contribution in [3.8, 4) is 0 Å². The van der Waals surface area contributed by atoms with Gasteiger partial charge in [-0.05, 0) is 31.7 Å². The molecule has 4 N–H and O–H groups in total. The van der Waals surface area contributed by atoms with Gasteiger partial charge in [0.25, 0.3) is 0 Å². The van der Waals surface area contributed by atoms with Crippen LogP contribution in [-0.2, 0) is 0 Å². The Morgan fingerprint density at radius 3 is 2.89 bits per heavy atom. The number of anilines is 1. The van der Waals surface area contributed by atoms with Gasteiger partial charge < -0.3 is 20.6 Å². The van der Waals surface area contributed by atoms with Crippen LogP contribution < -0.4 is 11.1 Å². The highest BCUT2D eigenvalue weighted by Crippen LogP contribution is 2.25. The smallest absolute Gasteiger partial charge is 0.193 e. The zero-order valence-corrected chi connectivity index (χ0v) is 10.9. The third kappa shape index (κ3) is 3.75. The molecule has 1 saturated carbocycles. The highest BCUT2D eigenvalue weighted by Gasteiger charge is 2.14. The Morgan fingerprint density at radius 2 is 2.17 bits per heavy atom. The number of rotatable bonds is 6. The molecule has 4 nitrogen and oxygen atoms in total. The molecular formula is C14H24N2O2. The molecule has 0 amide bonds. The molecule has 0 saturated heterocycles. The summed E-state index contributed by atoms with van der Waals surface area (Å²) in [7, 11) is 0. The molecule has 1 fully saturated rings. The van der Waals surface area contributed by atoms with E-state index in [1.807, 2.05) is 6.07 Å². The maximum Gasteiger partial charge on any atom is 0.193 e. The van der Waals surface area contributed by atoms with Crippen LogP contribution in [0.3, 0.4) is 0 Å². The lowest BCUT2D eigenvalue weighted by atomic mass is 9.89. The molecule has 1 unspecified atom stereocenters. The number of nitrogens with one attached hydrogen (secondary N) is 1. The molecule has 0 bridgehead atoms. The molecule has 0 aromatic carbocycles. The predicted octanol–water partition coefficient (Wildman–Crippen LogP) is 2.65. The average Bonchev–Trinajstić information content (AvgIpc) is 2.87. The minimum absolute atomic E-state index is 0.483. The lowest BCUT2D eigenvalue weighted by molar-refractivity contribution is 0.169. The van der Waals surface area contributed by atoms with Gasteiger partial charge in [-0.2, -0.15) is 0 Å². The highest BCUT2D eigenvalue weighted by atomic mass is 16.3. The summed E-state index contributed by atoms with van der Waals surface area (Å²) in [6.45, 7) is 1.46. The fourth-order valence-electron chi connectivity index (χ4n) is 2.58. The first-order valence-corrected chi connectivity index (χ1v) is 7.00. The Labute approximate surface area is 109 Å². The number of nitrogens with two attached hydrogens (primary N) is 1. The molecule has 1 aromatic heterocycles.